The highest BCUT2D eigenvalue weighted by Gasteiger charge is 2.34. The first-order chi connectivity index (χ1) is 16.2. The predicted molar refractivity (Wildman–Crippen MR) is 129 cm³/mol. The van der Waals surface area contributed by atoms with E-state index in [-0.39, 0.29) is 23.3 Å². The molecule has 3 aromatic rings. The molecule has 2 amide bonds. The van der Waals surface area contributed by atoms with Gasteiger partial charge in [-0.3, -0.25) is 14.5 Å². The third kappa shape index (κ3) is 6.33. The maximum absolute atomic E-state index is 13.4. The van der Waals surface area contributed by atoms with Crippen LogP contribution in [-0.2, 0) is 26.2 Å². The first-order valence-electron chi connectivity index (χ1n) is 10.9. The van der Waals surface area contributed by atoms with E-state index in [1.165, 1.54) is 23.3 Å². The van der Waals surface area contributed by atoms with Crippen molar-refractivity contribution in [3.63, 3.8) is 0 Å². The van der Waals surface area contributed by atoms with Crippen molar-refractivity contribution in [3.8, 4) is 0 Å². The fraction of sp³-hybridized carbons (Fsp3) is 0.280. The van der Waals surface area contributed by atoms with Gasteiger partial charge in [-0.15, -0.1) is 0 Å². The number of aryl methyl sites for hydroxylation is 1. The van der Waals surface area contributed by atoms with Gasteiger partial charge in [0.25, 0.3) is 0 Å². The highest BCUT2D eigenvalue weighted by atomic mass is 32.2. The number of rotatable bonds is 10. The fourth-order valence-corrected chi connectivity index (χ4v) is 4.50. The minimum atomic E-state index is -3.89. The van der Waals surface area contributed by atoms with Crippen LogP contribution in [0.1, 0.15) is 25.2 Å². The van der Waals surface area contributed by atoms with Gasteiger partial charge in [-0.1, -0.05) is 49.7 Å². The van der Waals surface area contributed by atoms with Crippen LogP contribution in [0.4, 0.5) is 5.69 Å². The molecular formula is C25H29N3O5S. The molecule has 8 nitrogen and oxygen atoms in total. The van der Waals surface area contributed by atoms with Crippen molar-refractivity contribution in [2.45, 2.75) is 38.3 Å². The lowest BCUT2D eigenvalue weighted by molar-refractivity contribution is -0.127. The van der Waals surface area contributed by atoms with E-state index in [4.69, 9.17) is 4.42 Å². The molecule has 34 heavy (non-hydrogen) atoms. The normalized spacial score (nSPS) is 12.4. The summed E-state index contributed by atoms with van der Waals surface area (Å²) in [6.45, 7) is 5.25. The standard InChI is InChI=1S/C25H29N3O5S/c1-18(2)24(25(30)26-16-21-8-7-15-33-21)28(20-13-11-19(3)12-14-20)23(29)17-27-34(31,32)22-9-5-4-6-10-22/h4-15,18,24,27H,16-17H2,1-3H3,(H,26,30)/t24-/m1/s1. The number of hydrogen-bond acceptors (Lipinski definition) is 5. The van der Waals surface area contributed by atoms with Gasteiger partial charge in [0.15, 0.2) is 0 Å². The minimum absolute atomic E-state index is 0.0567. The van der Waals surface area contributed by atoms with Crippen molar-refractivity contribution in [2.24, 2.45) is 5.92 Å². The highest BCUT2D eigenvalue weighted by Crippen LogP contribution is 2.23. The first-order valence-corrected chi connectivity index (χ1v) is 12.4. The molecule has 0 aliphatic rings. The Morgan fingerprint density at radius 1 is 0.971 bits per heavy atom. The number of benzene rings is 2. The second kappa shape index (κ2) is 11.1. The molecule has 1 atom stereocenters. The van der Waals surface area contributed by atoms with Gasteiger partial charge in [0.2, 0.25) is 21.8 Å². The quantitative estimate of drug-likeness (QED) is 0.460. The van der Waals surface area contributed by atoms with Gasteiger partial charge in [0.1, 0.15) is 11.8 Å². The Bertz CT molecular complexity index is 1190. The largest absolute Gasteiger partial charge is 0.467 e. The Balaban J connectivity index is 1.86. The summed E-state index contributed by atoms with van der Waals surface area (Å²) in [6.07, 6.45) is 1.52. The second-order valence-electron chi connectivity index (χ2n) is 8.22. The molecule has 1 aromatic heterocycles. The average molecular weight is 484 g/mol. The summed E-state index contributed by atoms with van der Waals surface area (Å²) >= 11 is 0. The molecule has 0 aliphatic heterocycles. The van der Waals surface area contributed by atoms with E-state index in [2.05, 4.69) is 10.0 Å². The zero-order valence-corrected chi connectivity index (χ0v) is 20.2. The van der Waals surface area contributed by atoms with Crippen LogP contribution in [0.3, 0.4) is 0 Å². The van der Waals surface area contributed by atoms with Crippen LogP contribution in [0.15, 0.2) is 82.3 Å². The predicted octanol–water partition coefficient (Wildman–Crippen LogP) is 3.24. The molecule has 0 spiro atoms. The highest BCUT2D eigenvalue weighted by molar-refractivity contribution is 7.89. The maximum Gasteiger partial charge on any atom is 0.243 e. The number of nitrogens with one attached hydrogen (secondary N) is 2. The van der Waals surface area contributed by atoms with Crippen LogP contribution >= 0.6 is 0 Å². The van der Waals surface area contributed by atoms with Crippen molar-refractivity contribution >= 4 is 27.5 Å². The summed E-state index contributed by atoms with van der Waals surface area (Å²) in [7, 11) is -3.89. The van der Waals surface area contributed by atoms with Gasteiger partial charge in [0, 0.05) is 5.69 Å². The Morgan fingerprint density at radius 3 is 2.24 bits per heavy atom. The van der Waals surface area contributed by atoms with Crippen molar-refractivity contribution in [3.05, 3.63) is 84.3 Å². The molecule has 2 N–H and O–H groups in total. The summed E-state index contributed by atoms with van der Waals surface area (Å²) in [5.74, 6) is -0.589. The minimum Gasteiger partial charge on any atom is -0.467 e. The Hall–Kier alpha value is -3.43. The number of nitrogens with zero attached hydrogens (tertiary/aromatic N) is 1. The summed E-state index contributed by atoms with van der Waals surface area (Å²) in [6, 6.07) is 17.6. The van der Waals surface area contributed by atoms with Crippen LogP contribution in [-0.4, -0.2) is 32.8 Å². The average Bonchev–Trinajstić information content (AvgIpc) is 3.34. The van der Waals surface area contributed by atoms with E-state index in [1.807, 2.05) is 32.9 Å². The zero-order chi connectivity index (χ0) is 24.7. The molecule has 0 bridgehead atoms. The van der Waals surface area contributed by atoms with Crippen molar-refractivity contribution < 1.29 is 22.4 Å². The molecule has 1 heterocycles. The van der Waals surface area contributed by atoms with Gasteiger partial charge in [-0.25, -0.2) is 13.1 Å². The molecule has 0 saturated carbocycles. The van der Waals surface area contributed by atoms with Crippen LogP contribution in [0, 0.1) is 12.8 Å². The molecule has 0 fully saturated rings. The summed E-state index contributed by atoms with van der Waals surface area (Å²) in [5, 5.41) is 2.82. The number of amides is 2. The maximum atomic E-state index is 13.4. The van der Waals surface area contributed by atoms with Gasteiger partial charge in [-0.05, 0) is 49.2 Å². The number of furan rings is 1. The van der Waals surface area contributed by atoms with Crippen LogP contribution in [0.25, 0.3) is 0 Å². The summed E-state index contributed by atoms with van der Waals surface area (Å²) < 4.78 is 32.9. The van der Waals surface area contributed by atoms with Gasteiger partial charge < -0.3 is 9.73 Å². The number of hydrogen-bond donors (Lipinski definition) is 2. The van der Waals surface area contributed by atoms with Crippen LogP contribution < -0.4 is 14.9 Å². The number of carbonyl (C=O) groups excluding carboxylic acids is 2. The summed E-state index contributed by atoms with van der Waals surface area (Å²) in [5.41, 5.74) is 1.49. The third-order valence-electron chi connectivity index (χ3n) is 5.24. The van der Waals surface area contributed by atoms with Gasteiger partial charge in [0.05, 0.1) is 24.2 Å². The van der Waals surface area contributed by atoms with E-state index in [0.717, 1.165) is 5.56 Å². The molecule has 9 heteroatoms. The van der Waals surface area contributed by atoms with E-state index >= 15 is 0 Å². The van der Waals surface area contributed by atoms with Crippen LogP contribution in [0.2, 0.25) is 0 Å². The third-order valence-corrected chi connectivity index (χ3v) is 6.66. The SMILES string of the molecule is Cc1ccc(N(C(=O)CNS(=O)(=O)c2ccccc2)[C@@H](C(=O)NCc2ccco2)C(C)C)cc1. The van der Waals surface area contributed by atoms with Gasteiger partial charge in [-0.2, -0.15) is 0 Å². The first kappa shape index (κ1) is 25.2. The van der Waals surface area contributed by atoms with Crippen molar-refractivity contribution in [1.29, 1.82) is 0 Å². The van der Waals surface area contributed by atoms with E-state index in [0.29, 0.717) is 11.4 Å². The molecule has 3 rings (SSSR count). The van der Waals surface area contributed by atoms with Crippen molar-refractivity contribution in [1.82, 2.24) is 10.0 Å². The molecule has 2 aromatic carbocycles. The van der Waals surface area contributed by atoms with E-state index in [1.54, 1.807) is 42.5 Å². The lowest BCUT2D eigenvalue weighted by Gasteiger charge is -2.33. The van der Waals surface area contributed by atoms with E-state index in [9.17, 15) is 18.0 Å². The lowest BCUT2D eigenvalue weighted by atomic mass is 10.00. The Labute approximate surface area is 200 Å². The molecule has 0 unspecified atom stereocenters. The second-order valence-corrected chi connectivity index (χ2v) is 9.99. The number of carbonyl (C=O) groups is 2. The fourth-order valence-electron chi connectivity index (χ4n) is 3.50. The molecule has 0 saturated heterocycles. The van der Waals surface area contributed by atoms with Crippen molar-refractivity contribution in [2.75, 3.05) is 11.4 Å². The Morgan fingerprint density at radius 2 is 1.65 bits per heavy atom. The lowest BCUT2D eigenvalue weighted by Crippen LogP contribution is -2.54. The van der Waals surface area contributed by atoms with E-state index < -0.39 is 28.5 Å². The molecule has 0 aliphatic carbocycles. The summed E-state index contributed by atoms with van der Waals surface area (Å²) in [4.78, 5) is 28.0. The van der Waals surface area contributed by atoms with Gasteiger partial charge >= 0.3 is 0 Å². The topological polar surface area (TPSA) is 109 Å². The Kier molecular flexibility index (Phi) is 8.25. The zero-order valence-electron chi connectivity index (χ0n) is 19.4. The van der Waals surface area contributed by atoms with Crippen LogP contribution in [0.5, 0.6) is 0 Å². The molecule has 0 radical (unpaired) electrons. The smallest absolute Gasteiger partial charge is 0.243 e. The molecule has 180 valence electrons. The number of anilines is 1. The monoisotopic (exact) mass is 483 g/mol. The number of sulfonamides is 1. The molecular weight excluding hydrogens is 454 g/mol.